The second-order valence-electron chi connectivity index (χ2n) is 5.86. The first kappa shape index (κ1) is 18.8. The fraction of sp³-hybridized carbons (Fsp3) is 0.190. The molecule has 0 aliphatic carbocycles. The maximum atomic E-state index is 5.91. The molecular weight excluding hydrogens is 362 g/mol. The van der Waals surface area contributed by atoms with Crippen LogP contribution in [0.2, 0.25) is 4.34 Å². The van der Waals surface area contributed by atoms with Crippen molar-refractivity contribution in [1.29, 1.82) is 0 Å². The molecule has 5 heteroatoms. The van der Waals surface area contributed by atoms with Crippen molar-refractivity contribution in [3.05, 3.63) is 81.8 Å². The van der Waals surface area contributed by atoms with Crippen molar-refractivity contribution in [2.45, 2.75) is 6.54 Å². The van der Waals surface area contributed by atoms with Crippen molar-refractivity contribution in [3.63, 3.8) is 0 Å². The first-order chi connectivity index (χ1) is 12.8. The number of rotatable bonds is 9. The van der Waals surface area contributed by atoms with Gasteiger partial charge >= 0.3 is 0 Å². The lowest BCUT2D eigenvalue weighted by molar-refractivity contribution is 0.635. The van der Waals surface area contributed by atoms with Crippen LogP contribution >= 0.6 is 22.9 Å². The number of halogens is 1. The molecule has 0 aliphatic heterocycles. The molecule has 3 nitrogen and oxygen atoms in total. The Labute approximate surface area is 163 Å². The normalized spacial score (nSPS) is 11.3. The summed E-state index contributed by atoms with van der Waals surface area (Å²) in [5.74, 6) is 0. The SMILES string of the molecule is Clc1ccc(/C=C/CNCCNCc2ccc(-c3ccncc3)cc2)s1. The van der Waals surface area contributed by atoms with E-state index in [1.54, 1.807) is 11.3 Å². The summed E-state index contributed by atoms with van der Waals surface area (Å²) >= 11 is 7.50. The smallest absolute Gasteiger partial charge is 0.0934 e. The van der Waals surface area contributed by atoms with Crippen LogP contribution in [0, 0.1) is 0 Å². The molecule has 0 aliphatic rings. The lowest BCUT2D eigenvalue weighted by Gasteiger charge is -2.07. The van der Waals surface area contributed by atoms with Crippen LogP contribution in [0.1, 0.15) is 10.4 Å². The van der Waals surface area contributed by atoms with Crippen LogP contribution in [0.3, 0.4) is 0 Å². The first-order valence-corrected chi connectivity index (χ1v) is 9.83. The molecule has 0 unspecified atom stereocenters. The van der Waals surface area contributed by atoms with Crippen LogP contribution in [0.15, 0.2) is 67.0 Å². The molecule has 3 aromatic rings. The Kier molecular flexibility index (Phi) is 7.40. The summed E-state index contributed by atoms with van der Waals surface area (Å²) < 4.78 is 0.829. The van der Waals surface area contributed by atoms with Gasteiger partial charge in [-0.15, -0.1) is 11.3 Å². The van der Waals surface area contributed by atoms with Crippen LogP contribution in [-0.4, -0.2) is 24.6 Å². The molecule has 2 aromatic heterocycles. The number of hydrogen-bond acceptors (Lipinski definition) is 4. The topological polar surface area (TPSA) is 37.0 Å². The van der Waals surface area contributed by atoms with E-state index in [0.29, 0.717) is 0 Å². The number of aromatic nitrogens is 1. The molecule has 3 rings (SSSR count). The Morgan fingerprint density at radius 2 is 1.62 bits per heavy atom. The third-order valence-electron chi connectivity index (χ3n) is 3.91. The predicted octanol–water partition coefficient (Wildman–Crippen LogP) is 4.86. The van der Waals surface area contributed by atoms with Gasteiger partial charge in [-0.2, -0.15) is 0 Å². The Morgan fingerprint density at radius 1 is 0.885 bits per heavy atom. The van der Waals surface area contributed by atoms with Crippen molar-refractivity contribution in [1.82, 2.24) is 15.6 Å². The summed E-state index contributed by atoms with van der Waals surface area (Å²) in [6.07, 6.45) is 7.87. The van der Waals surface area contributed by atoms with Crippen molar-refractivity contribution < 1.29 is 0 Å². The third-order valence-corrected chi connectivity index (χ3v) is 5.11. The van der Waals surface area contributed by atoms with Crippen LogP contribution in [0.5, 0.6) is 0 Å². The summed E-state index contributed by atoms with van der Waals surface area (Å²) in [4.78, 5) is 5.24. The Balaban J connectivity index is 1.31. The van der Waals surface area contributed by atoms with Crippen molar-refractivity contribution in [3.8, 4) is 11.1 Å². The van der Waals surface area contributed by atoms with Gasteiger partial charge in [0.05, 0.1) is 4.34 Å². The highest BCUT2D eigenvalue weighted by molar-refractivity contribution is 7.16. The number of benzene rings is 1. The van der Waals surface area contributed by atoms with E-state index in [1.807, 2.05) is 36.7 Å². The molecule has 0 saturated carbocycles. The highest BCUT2D eigenvalue weighted by atomic mass is 35.5. The quantitative estimate of drug-likeness (QED) is 0.518. The molecule has 0 atom stereocenters. The van der Waals surface area contributed by atoms with E-state index in [2.05, 4.69) is 52.0 Å². The minimum atomic E-state index is 0.829. The number of hydrogen-bond donors (Lipinski definition) is 2. The molecule has 134 valence electrons. The van der Waals surface area contributed by atoms with E-state index in [0.717, 1.165) is 30.5 Å². The van der Waals surface area contributed by atoms with Gasteiger partial charge in [0, 0.05) is 43.4 Å². The van der Waals surface area contributed by atoms with Gasteiger partial charge in [0.2, 0.25) is 0 Å². The van der Waals surface area contributed by atoms with Crippen molar-refractivity contribution in [2.75, 3.05) is 19.6 Å². The van der Waals surface area contributed by atoms with Gasteiger partial charge in [-0.1, -0.05) is 41.9 Å². The molecule has 1 aromatic carbocycles. The van der Waals surface area contributed by atoms with Crippen LogP contribution in [0.4, 0.5) is 0 Å². The van der Waals surface area contributed by atoms with Gasteiger partial charge < -0.3 is 10.6 Å². The fourth-order valence-electron chi connectivity index (χ4n) is 2.55. The molecule has 0 amide bonds. The average molecular weight is 384 g/mol. The zero-order valence-electron chi connectivity index (χ0n) is 14.5. The number of thiophene rings is 1. The van der Waals surface area contributed by atoms with Crippen LogP contribution in [-0.2, 0) is 6.54 Å². The average Bonchev–Trinajstić information content (AvgIpc) is 3.10. The van der Waals surface area contributed by atoms with E-state index >= 15 is 0 Å². The molecule has 26 heavy (non-hydrogen) atoms. The van der Waals surface area contributed by atoms with Gasteiger partial charge in [-0.25, -0.2) is 0 Å². The number of nitrogens with one attached hydrogen (secondary N) is 2. The summed E-state index contributed by atoms with van der Waals surface area (Å²) in [7, 11) is 0. The summed E-state index contributed by atoms with van der Waals surface area (Å²) in [5, 5.41) is 6.86. The van der Waals surface area contributed by atoms with E-state index < -0.39 is 0 Å². The number of pyridine rings is 1. The predicted molar refractivity (Wildman–Crippen MR) is 113 cm³/mol. The molecule has 0 spiro atoms. The minimum Gasteiger partial charge on any atom is -0.312 e. The monoisotopic (exact) mass is 383 g/mol. The largest absolute Gasteiger partial charge is 0.312 e. The van der Waals surface area contributed by atoms with Crippen molar-refractivity contribution >= 4 is 29.0 Å². The van der Waals surface area contributed by atoms with E-state index in [1.165, 1.54) is 21.6 Å². The van der Waals surface area contributed by atoms with Gasteiger partial charge in [-0.3, -0.25) is 4.98 Å². The molecule has 0 bridgehead atoms. The molecule has 0 saturated heterocycles. The maximum absolute atomic E-state index is 5.91. The Morgan fingerprint density at radius 3 is 2.35 bits per heavy atom. The molecule has 2 heterocycles. The summed E-state index contributed by atoms with van der Waals surface area (Å²) in [5.41, 5.74) is 3.70. The highest BCUT2D eigenvalue weighted by Gasteiger charge is 1.98. The third kappa shape index (κ3) is 6.07. The molecule has 0 radical (unpaired) electrons. The van der Waals surface area contributed by atoms with Gasteiger partial charge in [-0.05, 0) is 47.0 Å². The highest BCUT2D eigenvalue weighted by Crippen LogP contribution is 2.22. The zero-order chi connectivity index (χ0) is 18.0. The second-order valence-corrected chi connectivity index (χ2v) is 7.60. The first-order valence-electron chi connectivity index (χ1n) is 8.64. The van der Waals surface area contributed by atoms with Gasteiger partial charge in [0.15, 0.2) is 0 Å². The van der Waals surface area contributed by atoms with Crippen LogP contribution in [0.25, 0.3) is 17.2 Å². The van der Waals surface area contributed by atoms with Crippen molar-refractivity contribution in [2.24, 2.45) is 0 Å². The molecule has 2 N–H and O–H groups in total. The summed E-state index contributed by atoms with van der Waals surface area (Å²) in [6.45, 7) is 3.61. The fourth-order valence-corrected chi connectivity index (χ4v) is 3.54. The Bertz CT molecular complexity index is 813. The second kappa shape index (κ2) is 10.2. The standard InChI is InChI=1S/C21H22ClN3S/c22-21-8-7-20(26-21)2-1-11-23-14-15-25-16-17-3-5-18(6-4-17)19-9-12-24-13-10-19/h1-10,12-13,23,25H,11,14-16H2/b2-1+. The number of nitrogens with zero attached hydrogens (tertiary/aromatic N) is 1. The maximum Gasteiger partial charge on any atom is 0.0934 e. The molecular formula is C21H22ClN3S. The van der Waals surface area contributed by atoms with Gasteiger partial charge in [0.1, 0.15) is 0 Å². The van der Waals surface area contributed by atoms with Crippen LogP contribution < -0.4 is 10.6 Å². The van der Waals surface area contributed by atoms with E-state index in [4.69, 9.17) is 11.6 Å². The Hall–Kier alpha value is -1.98. The zero-order valence-corrected chi connectivity index (χ0v) is 16.1. The van der Waals surface area contributed by atoms with Gasteiger partial charge in [0.25, 0.3) is 0 Å². The lowest BCUT2D eigenvalue weighted by atomic mass is 10.1. The summed E-state index contributed by atoms with van der Waals surface area (Å²) in [6, 6.07) is 16.7. The van der Waals surface area contributed by atoms with E-state index in [9.17, 15) is 0 Å². The lowest BCUT2D eigenvalue weighted by Crippen LogP contribution is -2.27. The minimum absolute atomic E-state index is 0.829. The van der Waals surface area contributed by atoms with E-state index in [-0.39, 0.29) is 0 Å². The molecule has 0 fully saturated rings.